The van der Waals surface area contributed by atoms with E-state index < -0.39 is 10.1 Å². The summed E-state index contributed by atoms with van der Waals surface area (Å²) in [6.45, 7) is 6.35. The van der Waals surface area contributed by atoms with Gasteiger partial charge in [-0.1, -0.05) is 51.5 Å². The highest BCUT2D eigenvalue weighted by atomic mass is 32.2. The van der Waals surface area contributed by atoms with Gasteiger partial charge in [-0.2, -0.15) is 8.42 Å². The zero-order valence-electron chi connectivity index (χ0n) is 13.5. The quantitative estimate of drug-likeness (QED) is 0.462. The Bertz CT molecular complexity index is 521. The summed E-state index contributed by atoms with van der Waals surface area (Å²) in [5, 5.41) is 0. The van der Waals surface area contributed by atoms with E-state index in [0.717, 1.165) is 30.4 Å². The number of benzene rings is 1. The van der Waals surface area contributed by atoms with Crippen LogP contribution in [0.2, 0.25) is 0 Å². The van der Waals surface area contributed by atoms with Crippen molar-refractivity contribution in [2.45, 2.75) is 70.6 Å². The summed E-state index contributed by atoms with van der Waals surface area (Å²) in [5.74, 6) is 0. The van der Waals surface area contributed by atoms with Gasteiger partial charge in [-0.25, -0.2) is 0 Å². The van der Waals surface area contributed by atoms with E-state index in [2.05, 4.69) is 6.92 Å². The van der Waals surface area contributed by atoms with Crippen LogP contribution < -0.4 is 0 Å². The Morgan fingerprint density at radius 3 is 2.14 bits per heavy atom. The van der Waals surface area contributed by atoms with Crippen molar-refractivity contribution in [2.24, 2.45) is 0 Å². The third-order valence-corrected chi connectivity index (χ3v) is 5.06. The summed E-state index contributed by atoms with van der Waals surface area (Å²) in [5.41, 5.74) is 2.05. The van der Waals surface area contributed by atoms with Crippen molar-refractivity contribution in [1.29, 1.82) is 0 Å². The fourth-order valence-corrected chi connectivity index (χ4v) is 3.19. The van der Waals surface area contributed by atoms with Gasteiger partial charge < -0.3 is 0 Å². The van der Waals surface area contributed by atoms with Crippen molar-refractivity contribution in [3.05, 3.63) is 29.3 Å². The second kappa shape index (κ2) is 9.21. The van der Waals surface area contributed by atoms with Gasteiger partial charge in [0.05, 0.1) is 11.5 Å². The smallest absolute Gasteiger partial charge is 0.266 e. The maximum absolute atomic E-state index is 12.0. The number of unbranched alkanes of at least 4 members (excludes halogenated alkanes) is 6. The van der Waals surface area contributed by atoms with E-state index in [-0.39, 0.29) is 11.5 Å². The van der Waals surface area contributed by atoms with E-state index in [4.69, 9.17) is 4.18 Å². The van der Waals surface area contributed by atoms with Gasteiger partial charge >= 0.3 is 0 Å². The predicted molar refractivity (Wildman–Crippen MR) is 87.0 cm³/mol. The van der Waals surface area contributed by atoms with Gasteiger partial charge in [-0.05, 0) is 43.5 Å². The summed E-state index contributed by atoms with van der Waals surface area (Å²) in [4.78, 5) is 0.258. The van der Waals surface area contributed by atoms with E-state index in [1.807, 2.05) is 19.9 Å². The van der Waals surface area contributed by atoms with E-state index >= 15 is 0 Å². The molecule has 3 nitrogen and oxygen atoms in total. The van der Waals surface area contributed by atoms with Gasteiger partial charge in [0.15, 0.2) is 0 Å². The Labute approximate surface area is 129 Å². The zero-order valence-corrected chi connectivity index (χ0v) is 14.3. The van der Waals surface area contributed by atoms with E-state index in [1.165, 1.54) is 25.7 Å². The van der Waals surface area contributed by atoms with Crippen LogP contribution in [-0.4, -0.2) is 15.0 Å². The third-order valence-electron chi connectivity index (χ3n) is 3.75. The highest BCUT2D eigenvalue weighted by Crippen LogP contribution is 2.17. The van der Waals surface area contributed by atoms with Crippen molar-refractivity contribution in [3.63, 3.8) is 0 Å². The minimum Gasteiger partial charge on any atom is -0.266 e. The predicted octanol–water partition coefficient (Wildman–Crippen LogP) is 4.76. The Kier molecular flexibility index (Phi) is 7.97. The van der Waals surface area contributed by atoms with Gasteiger partial charge in [0.1, 0.15) is 0 Å². The van der Waals surface area contributed by atoms with Crippen molar-refractivity contribution >= 4 is 10.1 Å². The van der Waals surface area contributed by atoms with Crippen molar-refractivity contribution < 1.29 is 12.6 Å². The maximum Gasteiger partial charge on any atom is 0.296 e. The summed E-state index contributed by atoms with van der Waals surface area (Å²) in [6.07, 6.45) is 8.04. The minimum atomic E-state index is -3.60. The molecule has 0 saturated carbocycles. The lowest BCUT2D eigenvalue weighted by molar-refractivity contribution is 0.306. The first-order chi connectivity index (χ1) is 9.97. The van der Waals surface area contributed by atoms with E-state index in [9.17, 15) is 8.42 Å². The Hall–Kier alpha value is -0.870. The molecule has 0 unspecified atom stereocenters. The van der Waals surface area contributed by atoms with Crippen LogP contribution in [0.3, 0.4) is 0 Å². The molecule has 0 spiro atoms. The lowest BCUT2D eigenvalue weighted by Gasteiger charge is -2.07. The number of aryl methyl sites for hydroxylation is 2. The zero-order chi connectivity index (χ0) is 15.7. The molecular formula is C17H28O3S. The first-order valence-electron chi connectivity index (χ1n) is 7.94. The van der Waals surface area contributed by atoms with Gasteiger partial charge in [0.2, 0.25) is 0 Å². The molecule has 0 radical (unpaired) electrons. The second-order valence-corrected chi connectivity index (χ2v) is 7.26. The molecule has 0 atom stereocenters. The second-order valence-electron chi connectivity index (χ2n) is 5.64. The van der Waals surface area contributed by atoms with Gasteiger partial charge in [-0.15, -0.1) is 0 Å². The highest BCUT2D eigenvalue weighted by molar-refractivity contribution is 7.86. The fourth-order valence-electron chi connectivity index (χ4n) is 2.17. The highest BCUT2D eigenvalue weighted by Gasteiger charge is 2.15. The van der Waals surface area contributed by atoms with Crippen LogP contribution in [0.1, 0.15) is 63.0 Å². The molecule has 1 aromatic rings. The summed E-state index contributed by atoms with van der Waals surface area (Å²) >= 11 is 0. The Morgan fingerprint density at radius 1 is 0.905 bits per heavy atom. The molecular weight excluding hydrogens is 284 g/mol. The summed E-state index contributed by atoms with van der Waals surface area (Å²) in [6, 6.07) is 5.11. The molecule has 0 N–H and O–H groups in total. The van der Waals surface area contributed by atoms with Crippen LogP contribution in [0.4, 0.5) is 0 Å². The molecule has 1 rings (SSSR count). The minimum absolute atomic E-state index is 0.258. The van der Waals surface area contributed by atoms with Gasteiger partial charge in [0.25, 0.3) is 10.1 Å². The monoisotopic (exact) mass is 312 g/mol. The first kappa shape index (κ1) is 18.2. The fraction of sp³-hybridized carbons (Fsp3) is 0.647. The van der Waals surface area contributed by atoms with Crippen LogP contribution in [0.25, 0.3) is 0 Å². The SMILES string of the molecule is CCCCCCCCCOS(=O)(=O)c1ccc(C)c(C)c1. The topological polar surface area (TPSA) is 43.4 Å². The lowest BCUT2D eigenvalue weighted by atomic mass is 10.1. The van der Waals surface area contributed by atoms with Crippen LogP contribution >= 0.6 is 0 Å². The van der Waals surface area contributed by atoms with Crippen molar-refractivity contribution in [1.82, 2.24) is 0 Å². The maximum atomic E-state index is 12.0. The summed E-state index contributed by atoms with van der Waals surface area (Å²) < 4.78 is 29.2. The van der Waals surface area contributed by atoms with Crippen LogP contribution in [-0.2, 0) is 14.3 Å². The normalized spacial score (nSPS) is 11.8. The van der Waals surface area contributed by atoms with Crippen LogP contribution in [0, 0.1) is 13.8 Å². The molecule has 21 heavy (non-hydrogen) atoms. The Morgan fingerprint density at radius 2 is 1.52 bits per heavy atom. The molecule has 1 aromatic carbocycles. The molecule has 4 heteroatoms. The number of hydrogen-bond acceptors (Lipinski definition) is 3. The summed E-state index contributed by atoms with van der Waals surface area (Å²) in [7, 11) is -3.60. The molecule has 0 heterocycles. The lowest BCUT2D eigenvalue weighted by Crippen LogP contribution is -2.08. The third kappa shape index (κ3) is 6.62. The largest absolute Gasteiger partial charge is 0.296 e. The number of hydrogen-bond donors (Lipinski definition) is 0. The first-order valence-corrected chi connectivity index (χ1v) is 9.35. The molecule has 0 bridgehead atoms. The van der Waals surface area contributed by atoms with Crippen LogP contribution in [0.15, 0.2) is 23.1 Å². The number of rotatable bonds is 10. The molecule has 0 aliphatic carbocycles. The molecule has 0 aliphatic heterocycles. The Balaban J connectivity index is 2.31. The molecule has 0 amide bonds. The van der Waals surface area contributed by atoms with Gasteiger partial charge in [-0.3, -0.25) is 4.18 Å². The molecule has 0 aliphatic rings. The van der Waals surface area contributed by atoms with Crippen molar-refractivity contribution in [3.8, 4) is 0 Å². The van der Waals surface area contributed by atoms with Crippen molar-refractivity contribution in [2.75, 3.05) is 6.61 Å². The standard InChI is InChI=1S/C17H28O3S/c1-4-5-6-7-8-9-10-13-20-21(18,19)17-12-11-15(2)16(3)14-17/h11-12,14H,4-10,13H2,1-3H3. The average molecular weight is 312 g/mol. The van der Waals surface area contributed by atoms with E-state index in [0.29, 0.717) is 0 Å². The molecule has 0 saturated heterocycles. The molecule has 120 valence electrons. The van der Waals surface area contributed by atoms with Gasteiger partial charge in [0, 0.05) is 0 Å². The van der Waals surface area contributed by atoms with E-state index in [1.54, 1.807) is 12.1 Å². The van der Waals surface area contributed by atoms with Crippen LogP contribution in [0.5, 0.6) is 0 Å². The molecule has 0 aromatic heterocycles. The average Bonchev–Trinajstić information content (AvgIpc) is 2.44. The molecule has 0 fully saturated rings.